The van der Waals surface area contributed by atoms with E-state index in [-0.39, 0.29) is 23.9 Å². The number of nitrogens with one attached hydrogen (secondary N) is 2. The summed E-state index contributed by atoms with van der Waals surface area (Å²) in [7, 11) is 1.30. The number of rotatable bonds is 8. The highest BCUT2D eigenvalue weighted by atomic mass is 32.1. The minimum atomic E-state index is -0.519. The highest BCUT2D eigenvalue weighted by Gasteiger charge is 2.28. The number of para-hydroxylation sites is 1. The lowest BCUT2D eigenvalue weighted by Crippen LogP contribution is -2.33. The molecule has 2 amide bonds. The predicted molar refractivity (Wildman–Crippen MR) is 118 cm³/mol. The van der Waals surface area contributed by atoms with Crippen LogP contribution in [0, 0.1) is 0 Å². The van der Waals surface area contributed by atoms with Crippen molar-refractivity contribution in [3.05, 3.63) is 45.8 Å². The Balaban J connectivity index is 1.86. The van der Waals surface area contributed by atoms with E-state index in [1.807, 2.05) is 18.7 Å². The van der Waals surface area contributed by atoms with Gasteiger partial charge in [0.15, 0.2) is 0 Å². The Morgan fingerprint density at radius 3 is 2.53 bits per heavy atom. The van der Waals surface area contributed by atoms with Gasteiger partial charge >= 0.3 is 5.97 Å². The fourth-order valence-corrected chi connectivity index (χ4v) is 4.92. The number of benzene rings is 1. The van der Waals surface area contributed by atoms with Gasteiger partial charge in [-0.05, 0) is 50.0 Å². The first kappa shape index (κ1) is 22.0. The Labute approximate surface area is 180 Å². The number of thiophene rings is 1. The lowest BCUT2D eigenvalue weighted by molar-refractivity contribution is -0.117. The summed E-state index contributed by atoms with van der Waals surface area (Å²) in [6.07, 6.45) is 2.71. The smallest absolute Gasteiger partial charge is 0.339 e. The molecule has 8 heteroatoms. The average Bonchev–Trinajstić information content (AvgIpc) is 3.32. The van der Waals surface area contributed by atoms with Gasteiger partial charge in [-0.1, -0.05) is 26.0 Å². The van der Waals surface area contributed by atoms with E-state index < -0.39 is 5.97 Å². The topological polar surface area (TPSA) is 87.7 Å². The van der Waals surface area contributed by atoms with Crippen LogP contribution in [0.4, 0.5) is 10.7 Å². The minimum absolute atomic E-state index is 0.136. The number of carbonyl (C=O) groups excluding carboxylic acids is 3. The lowest BCUT2D eigenvalue weighted by Gasteiger charge is -2.17. The van der Waals surface area contributed by atoms with Crippen LogP contribution in [0.15, 0.2) is 24.3 Å². The van der Waals surface area contributed by atoms with Crippen molar-refractivity contribution in [3.8, 4) is 0 Å². The Morgan fingerprint density at radius 2 is 1.83 bits per heavy atom. The highest BCUT2D eigenvalue weighted by molar-refractivity contribution is 7.17. The van der Waals surface area contributed by atoms with Crippen molar-refractivity contribution in [2.45, 2.75) is 33.1 Å². The van der Waals surface area contributed by atoms with Crippen molar-refractivity contribution >= 4 is 39.8 Å². The van der Waals surface area contributed by atoms with E-state index in [1.54, 1.807) is 24.3 Å². The van der Waals surface area contributed by atoms with Gasteiger partial charge in [0.05, 0.1) is 30.5 Å². The molecule has 7 nitrogen and oxygen atoms in total. The second-order valence-corrected chi connectivity index (χ2v) is 8.17. The number of carbonyl (C=O) groups is 3. The number of hydrogen-bond acceptors (Lipinski definition) is 6. The standard InChI is InChI=1S/C22H27N3O4S/c1-4-25(5-2)13-18(26)24-21-19(15-10-8-12-17(15)30-21)20(27)23-16-11-7-6-9-14(16)22(28)29-3/h6-7,9,11H,4-5,8,10,12-13H2,1-3H3,(H,23,27)(H,24,26). The van der Waals surface area contributed by atoms with Gasteiger partial charge in [0.2, 0.25) is 5.91 Å². The third-order valence-corrected chi connectivity index (χ3v) is 6.45. The largest absolute Gasteiger partial charge is 0.465 e. The lowest BCUT2D eigenvalue weighted by atomic mass is 10.1. The number of aryl methyl sites for hydroxylation is 1. The number of nitrogens with zero attached hydrogens (tertiary/aromatic N) is 1. The fourth-order valence-electron chi connectivity index (χ4n) is 3.61. The van der Waals surface area contributed by atoms with Crippen LogP contribution in [0.25, 0.3) is 0 Å². The SMILES string of the molecule is CCN(CC)CC(=O)Nc1sc2c(c1C(=O)Nc1ccccc1C(=O)OC)CCC2. The van der Waals surface area contributed by atoms with Crippen molar-refractivity contribution in [2.24, 2.45) is 0 Å². The number of anilines is 2. The summed E-state index contributed by atoms with van der Waals surface area (Å²) in [6.45, 7) is 5.86. The summed E-state index contributed by atoms with van der Waals surface area (Å²) in [4.78, 5) is 40.9. The van der Waals surface area contributed by atoms with Crippen LogP contribution in [0.3, 0.4) is 0 Å². The third-order valence-electron chi connectivity index (χ3n) is 5.24. The molecule has 1 heterocycles. The van der Waals surface area contributed by atoms with Gasteiger partial charge < -0.3 is 15.4 Å². The molecule has 3 rings (SSSR count). The minimum Gasteiger partial charge on any atom is -0.465 e. The molecule has 0 fully saturated rings. The number of ether oxygens (including phenoxy) is 1. The summed E-state index contributed by atoms with van der Waals surface area (Å²) >= 11 is 1.47. The molecule has 0 bridgehead atoms. The maximum atomic E-state index is 13.2. The molecule has 1 aliphatic rings. The Kier molecular flexibility index (Phi) is 7.23. The van der Waals surface area contributed by atoms with E-state index in [9.17, 15) is 14.4 Å². The van der Waals surface area contributed by atoms with Gasteiger partial charge in [-0.3, -0.25) is 14.5 Å². The van der Waals surface area contributed by atoms with Crippen molar-refractivity contribution in [1.29, 1.82) is 0 Å². The van der Waals surface area contributed by atoms with Gasteiger partial charge in [0, 0.05) is 4.88 Å². The maximum absolute atomic E-state index is 13.2. The van der Waals surface area contributed by atoms with Gasteiger partial charge in [-0.2, -0.15) is 0 Å². The molecule has 0 aliphatic heterocycles. The van der Waals surface area contributed by atoms with Crippen molar-refractivity contribution in [2.75, 3.05) is 37.4 Å². The van der Waals surface area contributed by atoms with E-state index in [0.29, 0.717) is 16.3 Å². The summed E-state index contributed by atoms with van der Waals surface area (Å²) in [5.74, 6) is -0.985. The van der Waals surface area contributed by atoms with E-state index in [2.05, 4.69) is 10.6 Å². The second kappa shape index (κ2) is 9.86. The zero-order valence-electron chi connectivity index (χ0n) is 17.5. The quantitative estimate of drug-likeness (QED) is 0.627. The molecular weight excluding hydrogens is 402 g/mol. The predicted octanol–water partition coefficient (Wildman–Crippen LogP) is 3.56. The van der Waals surface area contributed by atoms with E-state index in [0.717, 1.165) is 42.8 Å². The van der Waals surface area contributed by atoms with Crippen LogP contribution < -0.4 is 10.6 Å². The Hall–Kier alpha value is -2.71. The average molecular weight is 430 g/mol. The van der Waals surface area contributed by atoms with Crippen LogP contribution in [0.1, 0.15) is 51.4 Å². The monoisotopic (exact) mass is 429 g/mol. The molecule has 2 N–H and O–H groups in total. The molecule has 1 aromatic carbocycles. The first-order valence-electron chi connectivity index (χ1n) is 10.1. The highest BCUT2D eigenvalue weighted by Crippen LogP contribution is 2.39. The molecule has 0 atom stereocenters. The van der Waals surface area contributed by atoms with Crippen LogP contribution in [-0.4, -0.2) is 49.4 Å². The molecule has 0 spiro atoms. The van der Waals surface area contributed by atoms with Crippen molar-refractivity contribution in [1.82, 2.24) is 4.90 Å². The normalized spacial score (nSPS) is 12.5. The van der Waals surface area contributed by atoms with Gasteiger partial charge in [-0.15, -0.1) is 11.3 Å². The first-order valence-corrected chi connectivity index (χ1v) is 11.0. The van der Waals surface area contributed by atoms with Crippen LogP contribution in [0.5, 0.6) is 0 Å². The van der Waals surface area contributed by atoms with Crippen molar-refractivity contribution in [3.63, 3.8) is 0 Å². The number of esters is 1. The van der Waals surface area contributed by atoms with Crippen LogP contribution >= 0.6 is 11.3 Å². The molecule has 30 heavy (non-hydrogen) atoms. The van der Waals surface area contributed by atoms with Crippen LogP contribution in [-0.2, 0) is 22.4 Å². The maximum Gasteiger partial charge on any atom is 0.339 e. The number of likely N-dealkylation sites (N-methyl/N-ethyl adjacent to an activating group) is 1. The third kappa shape index (κ3) is 4.71. The molecular formula is C22H27N3O4S. The molecule has 160 valence electrons. The molecule has 1 aromatic heterocycles. The molecule has 0 unspecified atom stereocenters. The number of amides is 2. The molecule has 2 aromatic rings. The molecule has 1 aliphatic carbocycles. The van der Waals surface area contributed by atoms with Gasteiger partial charge in [0.1, 0.15) is 5.00 Å². The number of methoxy groups -OCH3 is 1. The second-order valence-electron chi connectivity index (χ2n) is 7.06. The summed E-state index contributed by atoms with van der Waals surface area (Å²) in [5, 5.41) is 6.35. The van der Waals surface area contributed by atoms with Crippen molar-refractivity contribution < 1.29 is 19.1 Å². The zero-order chi connectivity index (χ0) is 21.7. The Morgan fingerprint density at radius 1 is 1.10 bits per heavy atom. The Bertz CT molecular complexity index is 950. The first-order chi connectivity index (χ1) is 14.5. The summed E-state index contributed by atoms with van der Waals surface area (Å²) < 4.78 is 4.81. The van der Waals surface area contributed by atoms with Gasteiger partial charge in [0.25, 0.3) is 5.91 Å². The zero-order valence-corrected chi connectivity index (χ0v) is 18.4. The molecule has 0 radical (unpaired) electrons. The number of fused-ring (bicyclic) bond motifs is 1. The summed E-state index contributed by atoms with van der Waals surface area (Å²) in [5.41, 5.74) is 2.16. The van der Waals surface area contributed by atoms with Gasteiger partial charge in [-0.25, -0.2) is 4.79 Å². The van der Waals surface area contributed by atoms with E-state index >= 15 is 0 Å². The molecule has 0 saturated carbocycles. The number of hydrogen-bond donors (Lipinski definition) is 2. The fraction of sp³-hybridized carbons (Fsp3) is 0.409. The van der Waals surface area contributed by atoms with E-state index in [4.69, 9.17) is 4.74 Å². The summed E-state index contributed by atoms with van der Waals surface area (Å²) in [6, 6.07) is 6.72. The molecule has 0 saturated heterocycles. The van der Waals surface area contributed by atoms with Crippen LogP contribution in [0.2, 0.25) is 0 Å². The van der Waals surface area contributed by atoms with E-state index in [1.165, 1.54) is 18.4 Å².